The summed E-state index contributed by atoms with van der Waals surface area (Å²) < 4.78 is 36.4. The van der Waals surface area contributed by atoms with Gasteiger partial charge in [-0.1, -0.05) is 0 Å². The smallest absolute Gasteiger partial charge is 0.382 e. The van der Waals surface area contributed by atoms with E-state index in [4.69, 9.17) is 5.11 Å². The molecule has 0 bridgehead atoms. The number of halogens is 4. The van der Waals surface area contributed by atoms with Gasteiger partial charge in [0.15, 0.2) is 6.10 Å². The van der Waals surface area contributed by atoms with Gasteiger partial charge in [-0.25, -0.2) is 9.97 Å². The summed E-state index contributed by atoms with van der Waals surface area (Å²) in [6.45, 7) is -0.628. The van der Waals surface area contributed by atoms with Crippen LogP contribution in [0, 0.1) is 3.57 Å². The summed E-state index contributed by atoms with van der Waals surface area (Å²) in [5.41, 5.74) is 0. The molecule has 1 aromatic rings. The maximum atomic E-state index is 11.9. The Morgan fingerprint density at radius 3 is 2.73 bits per heavy atom. The normalized spacial score (nSPS) is 13.7. The van der Waals surface area contributed by atoms with Crippen LogP contribution in [0.4, 0.5) is 19.0 Å². The molecule has 0 aliphatic carbocycles. The molecule has 1 aromatic heterocycles. The Morgan fingerprint density at radius 1 is 1.53 bits per heavy atom. The van der Waals surface area contributed by atoms with E-state index in [9.17, 15) is 13.2 Å². The van der Waals surface area contributed by atoms with Crippen LogP contribution in [-0.2, 0) is 0 Å². The third-order valence-corrected chi connectivity index (χ3v) is 2.30. The minimum atomic E-state index is -4.62. The number of aliphatic hydroxyl groups is 1. The van der Waals surface area contributed by atoms with Crippen molar-refractivity contribution in [2.75, 3.05) is 11.9 Å². The molecule has 1 rings (SSSR count). The largest absolute Gasteiger partial charge is 0.416 e. The molecule has 8 heteroatoms. The molecular weight excluding hydrogens is 326 g/mol. The van der Waals surface area contributed by atoms with Gasteiger partial charge in [0, 0.05) is 6.20 Å². The van der Waals surface area contributed by atoms with Crippen molar-refractivity contribution in [3.8, 4) is 0 Å². The Balaban J connectivity index is 2.55. The maximum Gasteiger partial charge on any atom is 0.416 e. The molecule has 0 aliphatic rings. The number of aromatic nitrogens is 2. The molecule has 0 radical (unpaired) electrons. The van der Waals surface area contributed by atoms with Gasteiger partial charge in [-0.2, -0.15) is 13.2 Å². The van der Waals surface area contributed by atoms with Gasteiger partial charge in [0.1, 0.15) is 12.1 Å². The number of hydrogen-bond acceptors (Lipinski definition) is 4. The second-order valence-corrected chi connectivity index (χ2v) is 3.82. The molecule has 1 heterocycles. The van der Waals surface area contributed by atoms with Crippen molar-refractivity contribution in [3.05, 3.63) is 16.1 Å². The van der Waals surface area contributed by atoms with Crippen molar-refractivity contribution >= 4 is 28.4 Å². The zero-order valence-corrected chi connectivity index (χ0v) is 9.45. The average molecular weight is 333 g/mol. The van der Waals surface area contributed by atoms with E-state index in [2.05, 4.69) is 15.3 Å². The molecule has 4 nitrogen and oxygen atoms in total. The van der Waals surface area contributed by atoms with Crippen molar-refractivity contribution in [1.29, 1.82) is 0 Å². The SMILES string of the molecule is OC(CNc1ncncc1I)C(F)(F)F. The minimum Gasteiger partial charge on any atom is -0.382 e. The lowest BCUT2D eigenvalue weighted by molar-refractivity contribution is -0.198. The highest BCUT2D eigenvalue weighted by atomic mass is 127. The Hall–Kier alpha value is -0.640. The van der Waals surface area contributed by atoms with E-state index in [-0.39, 0.29) is 5.82 Å². The second kappa shape index (κ2) is 4.92. The number of alkyl halides is 3. The van der Waals surface area contributed by atoms with E-state index in [1.54, 1.807) is 0 Å². The van der Waals surface area contributed by atoms with Crippen LogP contribution in [0.3, 0.4) is 0 Å². The summed E-state index contributed by atoms with van der Waals surface area (Å²) in [5.74, 6) is 0.272. The van der Waals surface area contributed by atoms with Gasteiger partial charge in [0.2, 0.25) is 0 Å². The Kier molecular flexibility index (Phi) is 4.08. The van der Waals surface area contributed by atoms with E-state index >= 15 is 0 Å². The highest BCUT2D eigenvalue weighted by Crippen LogP contribution is 2.20. The van der Waals surface area contributed by atoms with E-state index in [1.807, 2.05) is 22.6 Å². The number of nitrogens with zero attached hydrogens (tertiary/aromatic N) is 2. The molecule has 0 aromatic carbocycles. The quantitative estimate of drug-likeness (QED) is 0.822. The first-order valence-corrected chi connectivity index (χ1v) is 4.93. The average Bonchev–Trinajstić information content (AvgIpc) is 2.14. The highest BCUT2D eigenvalue weighted by Gasteiger charge is 2.37. The lowest BCUT2D eigenvalue weighted by Crippen LogP contribution is -2.35. The minimum absolute atomic E-state index is 0.272. The fraction of sp³-hybridized carbons (Fsp3) is 0.429. The third-order valence-electron chi connectivity index (χ3n) is 1.51. The summed E-state index contributed by atoms with van der Waals surface area (Å²) in [5, 5.41) is 11.1. The van der Waals surface area contributed by atoms with Gasteiger partial charge in [0.05, 0.1) is 10.1 Å². The van der Waals surface area contributed by atoms with Crippen LogP contribution in [0.2, 0.25) is 0 Å². The van der Waals surface area contributed by atoms with Crippen molar-refractivity contribution in [3.63, 3.8) is 0 Å². The summed E-state index contributed by atoms with van der Waals surface area (Å²) >= 11 is 1.88. The monoisotopic (exact) mass is 333 g/mol. The third kappa shape index (κ3) is 3.78. The zero-order valence-electron chi connectivity index (χ0n) is 7.29. The standard InChI is InChI=1S/C7H7F3IN3O/c8-7(9,10)5(15)2-13-6-4(11)1-12-3-14-6/h1,3,5,15H,2H2,(H,12,13,14). The van der Waals surface area contributed by atoms with Crippen LogP contribution in [0.25, 0.3) is 0 Å². The fourth-order valence-corrected chi connectivity index (χ4v) is 1.24. The molecular formula is C7H7F3IN3O. The second-order valence-electron chi connectivity index (χ2n) is 2.66. The van der Waals surface area contributed by atoms with Crippen molar-refractivity contribution in [1.82, 2.24) is 9.97 Å². The van der Waals surface area contributed by atoms with Gasteiger partial charge < -0.3 is 10.4 Å². The van der Waals surface area contributed by atoms with Gasteiger partial charge >= 0.3 is 6.18 Å². The van der Waals surface area contributed by atoms with Gasteiger partial charge in [-0.05, 0) is 22.6 Å². The van der Waals surface area contributed by atoms with Gasteiger partial charge in [-0.15, -0.1) is 0 Å². The van der Waals surface area contributed by atoms with Crippen molar-refractivity contribution in [2.45, 2.75) is 12.3 Å². The molecule has 0 saturated carbocycles. The molecule has 1 atom stereocenters. The van der Waals surface area contributed by atoms with Crippen LogP contribution >= 0.6 is 22.6 Å². The topological polar surface area (TPSA) is 58.0 Å². The first-order chi connectivity index (χ1) is 6.91. The summed E-state index contributed by atoms with van der Waals surface area (Å²) in [6, 6.07) is 0. The number of aliphatic hydroxyl groups excluding tert-OH is 1. The number of anilines is 1. The molecule has 84 valence electrons. The first kappa shape index (κ1) is 12.4. The van der Waals surface area contributed by atoms with Crippen molar-refractivity contribution in [2.24, 2.45) is 0 Å². The van der Waals surface area contributed by atoms with E-state index < -0.39 is 18.8 Å². The molecule has 2 N–H and O–H groups in total. The molecule has 0 spiro atoms. The fourth-order valence-electron chi connectivity index (χ4n) is 0.752. The predicted molar refractivity (Wildman–Crippen MR) is 55.3 cm³/mol. The number of hydrogen-bond donors (Lipinski definition) is 2. The number of rotatable bonds is 3. The van der Waals surface area contributed by atoms with Crippen LogP contribution in [-0.4, -0.2) is 33.9 Å². The van der Waals surface area contributed by atoms with Crippen LogP contribution in [0.1, 0.15) is 0 Å². The van der Waals surface area contributed by atoms with Crippen molar-refractivity contribution < 1.29 is 18.3 Å². The van der Waals surface area contributed by atoms with E-state index in [0.717, 1.165) is 0 Å². The van der Waals surface area contributed by atoms with E-state index in [1.165, 1.54) is 12.5 Å². The Labute approximate surface area is 97.1 Å². The lowest BCUT2D eigenvalue weighted by atomic mass is 10.3. The molecule has 0 amide bonds. The van der Waals surface area contributed by atoms with Crippen LogP contribution in [0.5, 0.6) is 0 Å². The highest BCUT2D eigenvalue weighted by molar-refractivity contribution is 14.1. The molecule has 15 heavy (non-hydrogen) atoms. The van der Waals surface area contributed by atoms with Crippen LogP contribution < -0.4 is 5.32 Å². The predicted octanol–water partition coefficient (Wildman–Crippen LogP) is 1.42. The summed E-state index contributed by atoms with van der Waals surface area (Å²) in [7, 11) is 0. The Bertz CT molecular complexity index is 334. The van der Waals surface area contributed by atoms with E-state index in [0.29, 0.717) is 3.57 Å². The lowest BCUT2D eigenvalue weighted by Gasteiger charge is -2.15. The summed E-state index contributed by atoms with van der Waals surface area (Å²) in [4.78, 5) is 7.40. The Morgan fingerprint density at radius 2 is 2.20 bits per heavy atom. The zero-order chi connectivity index (χ0) is 11.5. The molecule has 0 aliphatic heterocycles. The maximum absolute atomic E-state index is 11.9. The first-order valence-electron chi connectivity index (χ1n) is 3.85. The summed E-state index contributed by atoms with van der Waals surface area (Å²) in [6.07, 6.45) is -4.35. The van der Waals surface area contributed by atoms with Gasteiger partial charge in [0.25, 0.3) is 0 Å². The molecule has 1 unspecified atom stereocenters. The van der Waals surface area contributed by atoms with Crippen LogP contribution in [0.15, 0.2) is 12.5 Å². The molecule has 0 saturated heterocycles. The van der Waals surface area contributed by atoms with Gasteiger partial charge in [-0.3, -0.25) is 0 Å². The number of nitrogens with one attached hydrogen (secondary N) is 1. The molecule has 0 fully saturated rings.